The average molecular weight is 547 g/mol. The van der Waals surface area contributed by atoms with Crippen LogP contribution in [0, 0.1) is 34.8 Å². The highest BCUT2D eigenvalue weighted by Crippen LogP contribution is 2.33. The largest absolute Gasteiger partial charge is 0.487 e. The minimum Gasteiger partial charge on any atom is -0.487 e. The molecule has 2 saturated heterocycles. The number of nitriles is 1. The molecule has 0 spiro atoms. The highest BCUT2D eigenvalue weighted by atomic mass is 19.2. The standard InChI is InChI=1S/C27H33F3N6O3/c1-16(17-5-7-35(15-31)8-6-17)38-18-11-32-25(33-12-18)36-13-20(19-9-22(29)23(30)10-21(19)28)24(14-36)34-26(37)39-27(2,3)4/h9-12,16-17,20,24H,5-8,13-14H2,1-4H3,(H,34,37). The van der Waals surface area contributed by atoms with Crippen molar-refractivity contribution in [2.75, 3.05) is 31.1 Å². The summed E-state index contributed by atoms with van der Waals surface area (Å²) < 4.78 is 53.8. The zero-order valence-electron chi connectivity index (χ0n) is 22.5. The molecule has 39 heavy (non-hydrogen) atoms. The Morgan fingerprint density at radius 3 is 2.36 bits per heavy atom. The first-order valence-corrected chi connectivity index (χ1v) is 13.0. The van der Waals surface area contributed by atoms with Gasteiger partial charge in [0.25, 0.3) is 0 Å². The van der Waals surface area contributed by atoms with Crippen LogP contribution in [0.15, 0.2) is 24.5 Å². The third-order valence-corrected chi connectivity index (χ3v) is 7.03. The predicted octanol–water partition coefficient (Wildman–Crippen LogP) is 4.35. The maximum absolute atomic E-state index is 14.7. The van der Waals surface area contributed by atoms with E-state index >= 15 is 0 Å². The fourth-order valence-corrected chi connectivity index (χ4v) is 5.02. The van der Waals surface area contributed by atoms with Crippen LogP contribution >= 0.6 is 0 Å². The first-order valence-electron chi connectivity index (χ1n) is 13.0. The summed E-state index contributed by atoms with van der Waals surface area (Å²) in [5.74, 6) is -2.97. The van der Waals surface area contributed by atoms with E-state index in [1.807, 2.05) is 6.92 Å². The van der Waals surface area contributed by atoms with Gasteiger partial charge in [-0.3, -0.25) is 0 Å². The molecule has 3 heterocycles. The molecular weight excluding hydrogens is 513 g/mol. The van der Waals surface area contributed by atoms with Gasteiger partial charge in [-0.1, -0.05) is 0 Å². The van der Waals surface area contributed by atoms with Crippen LogP contribution in [0.25, 0.3) is 0 Å². The molecule has 12 heteroatoms. The summed E-state index contributed by atoms with van der Waals surface area (Å²) in [7, 11) is 0. The molecule has 0 bridgehead atoms. The topological polar surface area (TPSA) is 104 Å². The van der Waals surface area contributed by atoms with E-state index in [1.54, 1.807) is 43.0 Å². The predicted molar refractivity (Wildman–Crippen MR) is 136 cm³/mol. The van der Waals surface area contributed by atoms with Gasteiger partial charge in [-0.05, 0) is 58.1 Å². The second kappa shape index (κ2) is 11.6. The van der Waals surface area contributed by atoms with Crippen molar-refractivity contribution in [2.24, 2.45) is 5.92 Å². The smallest absolute Gasteiger partial charge is 0.407 e. The summed E-state index contributed by atoms with van der Waals surface area (Å²) in [5.41, 5.74) is -0.817. The van der Waals surface area contributed by atoms with Gasteiger partial charge in [-0.15, -0.1) is 0 Å². The molecule has 1 amide bonds. The molecule has 2 aromatic rings. The summed E-state index contributed by atoms with van der Waals surface area (Å²) in [6.45, 7) is 8.88. The monoisotopic (exact) mass is 546 g/mol. The number of piperidine rings is 1. The molecule has 9 nitrogen and oxygen atoms in total. The van der Waals surface area contributed by atoms with E-state index in [0.717, 1.165) is 18.9 Å². The molecule has 210 valence electrons. The van der Waals surface area contributed by atoms with Gasteiger partial charge in [0.15, 0.2) is 23.6 Å². The molecule has 1 N–H and O–H groups in total. The van der Waals surface area contributed by atoms with Gasteiger partial charge in [0.1, 0.15) is 11.4 Å². The van der Waals surface area contributed by atoms with Gasteiger partial charge in [0.2, 0.25) is 5.95 Å². The number of benzene rings is 1. The molecule has 1 aromatic heterocycles. The van der Waals surface area contributed by atoms with Crippen LogP contribution in [0.2, 0.25) is 0 Å². The van der Waals surface area contributed by atoms with Crippen molar-refractivity contribution < 1.29 is 27.4 Å². The second-order valence-corrected chi connectivity index (χ2v) is 11.0. The average Bonchev–Trinajstić information content (AvgIpc) is 3.28. The Morgan fingerprint density at radius 1 is 1.10 bits per heavy atom. The van der Waals surface area contributed by atoms with Gasteiger partial charge in [-0.2, -0.15) is 5.26 Å². The lowest BCUT2D eigenvalue weighted by molar-refractivity contribution is 0.0504. The van der Waals surface area contributed by atoms with Crippen LogP contribution < -0.4 is 15.0 Å². The van der Waals surface area contributed by atoms with Crippen molar-refractivity contribution >= 4 is 12.0 Å². The highest BCUT2D eigenvalue weighted by molar-refractivity contribution is 5.68. The number of rotatable bonds is 6. The van der Waals surface area contributed by atoms with Gasteiger partial charge in [0, 0.05) is 38.2 Å². The normalized spacial score (nSPS) is 20.9. The van der Waals surface area contributed by atoms with Gasteiger partial charge in [-0.25, -0.2) is 27.9 Å². The molecule has 3 atom stereocenters. The van der Waals surface area contributed by atoms with E-state index in [0.29, 0.717) is 36.8 Å². The number of aromatic nitrogens is 2. The summed E-state index contributed by atoms with van der Waals surface area (Å²) in [6, 6.07) is 0.646. The molecule has 0 saturated carbocycles. The Hall–Kier alpha value is -3.75. The first kappa shape index (κ1) is 28.3. The Balaban J connectivity index is 1.47. The van der Waals surface area contributed by atoms with Gasteiger partial charge in [0.05, 0.1) is 24.5 Å². The number of alkyl carbamates (subject to hydrolysis) is 1. The third kappa shape index (κ3) is 7.02. The van der Waals surface area contributed by atoms with E-state index in [9.17, 15) is 18.0 Å². The number of carbonyl (C=O) groups excluding carboxylic acids is 1. The molecule has 2 aliphatic rings. The number of hydrogen-bond donors (Lipinski definition) is 1. The number of hydrogen-bond acceptors (Lipinski definition) is 8. The SMILES string of the molecule is CC(Oc1cnc(N2CC(NC(=O)OC(C)(C)C)C(c3cc(F)c(F)cc3F)C2)nc1)C1CCN(C#N)CC1. The summed E-state index contributed by atoms with van der Waals surface area (Å²) in [6.07, 6.45) is 6.18. The Bertz CT molecular complexity index is 1210. The number of nitrogens with one attached hydrogen (secondary N) is 1. The lowest BCUT2D eigenvalue weighted by Gasteiger charge is -2.32. The molecule has 2 fully saturated rings. The number of carbonyl (C=O) groups is 1. The van der Waals surface area contributed by atoms with E-state index in [-0.39, 0.29) is 24.8 Å². The molecule has 0 aliphatic carbocycles. The number of nitrogens with zero attached hydrogens (tertiary/aromatic N) is 5. The number of ether oxygens (including phenoxy) is 2. The number of halogens is 3. The third-order valence-electron chi connectivity index (χ3n) is 7.03. The van der Waals surface area contributed by atoms with Crippen molar-refractivity contribution in [1.29, 1.82) is 5.26 Å². The number of anilines is 1. The van der Waals surface area contributed by atoms with E-state index in [2.05, 4.69) is 21.5 Å². The quantitative estimate of drug-likeness (QED) is 0.421. The molecule has 2 aliphatic heterocycles. The van der Waals surface area contributed by atoms with E-state index < -0.39 is 41.1 Å². The fourth-order valence-electron chi connectivity index (χ4n) is 5.02. The summed E-state index contributed by atoms with van der Waals surface area (Å²) >= 11 is 0. The van der Waals surface area contributed by atoms with Crippen LogP contribution in [0.3, 0.4) is 0 Å². The van der Waals surface area contributed by atoms with E-state index in [1.165, 1.54) is 0 Å². The summed E-state index contributed by atoms with van der Waals surface area (Å²) in [4.78, 5) is 24.8. The second-order valence-electron chi connectivity index (χ2n) is 11.0. The van der Waals surface area contributed by atoms with Gasteiger partial charge >= 0.3 is 6.09 Å². The van der Waals surface area contributed by atoms with Crippen molar-refractivity contribution in [3.8, 4) is 11.9 Å². The fraction of sp³-hybridized carbons (Fsp3) is 0.556. The molecule has 0 radical (unpaired) electrons. The Morgan fingerprint density at radius 2 is 1.74 bits per heavy atom. The van der Waals surface area contributed by atoms with Crippen LogP contribution in [-0.2, 0) is 4.74 Å². The Kier molecular flexibility index (Phi) is 8.37. The number of likely N-dealkylation sites (tertiary alicyclic amines) is 1. The van der Waals surface area contributed by atoms with Crippen molar-refractivity contribution in [3.63, 3.8) is 0 Å². The molecular formula is C27H33F3N6O3. The Labute approximate surface area is 225 Å². The maximum Gasteiger partial charge on any atom is 0.407 e. The lowest BCUT2D eigenvalue weighted by atomic mass is 9.92. The minimum atomic E-state index is -1.29. The first-order chi connectivity index (χ1) is 18.4. The van der Waals surface area contributed by atoms with Crippen molar-refractivity contribution in [1.82, 2.24) is 20.2 Å². The van der Waals surface area contributed by atoms with Crippen LogP contribution in [-0.4, -0.2) is 64.9 Å². The van der Waals surface area contributed by atoms with Crippen molar-refractivity contribution in [3.05, 3.63) is 47.5 Å². The lowest BCUT2D eigenvalue weighted by Crippen LogP contribution is -2.43. The highest BCUT2D eigenvalue weighted by Gasteiger charge is 2.39. The minimum absolute atomic E-state index is 0.0614. The zero-order valence-corrected chi connectivity index (χ0v) is 22.5. The van der Waals surface area contributed by atoms with Crippen LogP contribution in [0.5, 0.6) is 5.75 Å². The van der Waals surface area contributed by atoms with E-state index in [4.69, 9.17) is 14.7 Å². The van der Waals surface area contributed by atoms with Crippen LogP contribution in [0.1, 0.15) is 52.0 Å². The summed E-state index contributed by atoms with van der Waals surface area (Å²) in [5, 5.41) is 11.8. The maximum atomic E-state index is 14.7. The molecule has 1 aromatic carbocycles. The molecule has 3 unspecified atom stereocenters. The van der Waals surface area contributed by atoms with Gasteiger partial charge < -0.3 is 24.6 Å². The van der Waals surface area contributed by atoms with Crippen LogP contribution in [0.4, 0.5) is 23.9 Å². The van der Waals surface area contributed by atoms with Crippen molar-refractivity contribution in [2.45, 2.75) is 64.2 Å². The molecule has 4 rings (SSSR count). The number of amides is 1. The zero-order chi connectivity index (χ0) is 28.3.